The van der Waals surface area contributed by atoms with E-state index >= 15 is 0 Å². The van der Waals surface area contributed by atoms with Gasteiger partial charge in [0.05, 0.1) is 5.69 Å². The summed E-state index contributed by atoms with van der Waals surface area (Å²) in [5.74, 6) is 0.471. The number of halogens is 1. The van der Waals surface area contributed by atoms with Crippen molar-refractivity contribution in [1.82, 2.24) is 4.90 Å². The van der Waals surface area contributed by atoms with Crippen molar-refractivity contribution in [3.63, 3.8) is 0 Å². The summed E-state index contributed by atoms with van der Waals surface area (Å²) < 4.78 is 14.4. The fourth-order valence-electron chi connectivity index (χ4n) is 3.90. The fraction of sp³-hybridized carbons (Fsp3) is 0.667. The molecular formula is C18H27FN2. The van der Waals surface area contributed by atoms with Crippen molar-refractivity contribution >= 4 is 5.69 Å². The lowest BCUT2D eigenvalue weighted by molar-refractivity contribution is 0.100. The summed E-state index contributed by atoms with van der Waals surface area (Å²) in [5.41, 5.74) is 1.79. The number of nitrogens with zero attached hydrogens (tertiary/aromatic N) is 2. The maximum Gasteiger partial charge on any atom is 0.146 e. The molecule has 0 radical (unpaired) electrons. The molecule has 0 N–H and O–H groups in total. The van der Waals surface area contributed by atoms with Gasteiger partial charge >= 0.3 is 0 Å². The Bertz CT molecular complexity index is 500. The van der Waals surface area contributed by atoms with Gasteiger partial charge < -0.3 is 4.90 Å². The number of hydrogen-bond acceptors (Lipinski definition) is 2. The zero-order valence-electron chi connectivity index (χ0n) is 13.5. The minimum Gasteiger partial charge on any atom is -0.363 e. The third kappa shape index (κ3) is 2.94. The Balaban J connectivity index is 1.90. The molecule has 2 aliphatic rings. The van der Waals surface area contributed by atoms with E-state index < -0.39 is 0 Å². The maximum absolute atomic E-state index is 14.4. The second-order valence-electron chi connectivity index (χ2n) is 7.06. The Morgan fingerprint density at radius 1 is 1.19 bits per heavy atom. The molecule has 116 valence electrons. The molecule has 1 aromatic rings. The Morgan fingerprint density at radius 2 is 2.00 bits per heavy atom. The highest BCUT2D eigenvalue weighted by molar-refractivity contribution is 5.51. The van der Waals surface area contributed by atoms with E-state index in [1.165, 1.54) is 25.8 Å². The molecule has 2 fully saturated rings. The highest BCUT2D eigenvalue weighted by Gasteiger charge is 2.37. The number of anilines is 1. The van der Waals surface area contributed by atoms with Crippen LogP contribution in [0, 0.1) is 18.7 Å². The predicted molar refractivity (Wildman–Crippen MR) is 86.3 cm³/mol. The molecule has 0 amide bonds. The minimum absolute atomic E-state index is 0.0649. The number of rotatable bonds is 2. The first-order chi connectivity index (χ1) is 10.1. The summed E-state index contributed by atoms with van der Waals surface area (Å²) in [6, 6.07) is 6.69. The molecule has 2 nitrogen and oxygen atoms in total. The molecule has 2 heterocycles. The average Bonchev–Trinajstić information content (AvgIpc) is 2.46. The molecule has 1 aromatic carbocycles. The van der Waals surface area contributed by atoms with Crippen LogP contribution in [0.5, 0.6) is 0 Å². The van der Waals surface area contributed by atoms with Crippen molar-refractivity contribution < 1.29 is 4.39 Å². The van der Waals surface area contributed by atoms with Gasteiger partial charge in [-0.05, 0) is 49.9 Å². The molecule has 3 rings (SSSR count). The first kappa shape index (κ1) is 14.8. The van der Waals surface area contributed by atoms with E-state index in [0.717, 1.165) is 24.3 Å². The van der Waals surface area contributed by atoms with Gasteiger partial charge in [-0.3, -0.25) is 4.90 Å². The van der Waals surface area contributed by atoms with Gasteiger partial charge in [-0.25, -0.2) is 4.39 Å². The number of piperazine rings is 1. The topological polar surface area (TPSA) is 6.48 Å². The Kier molecular flexibility index (Phi) is 4.21. The van der Waals surface area contributed by atoms with Gasteiger partial charge in [0.1, 0.15) is 5.82 Å². The Labute approximate surface area is 127 Å². The lowest BCUT2D eigenvalue weighted by Gasteiger charge is -2.50. The van der Waals surface area contributed by atoms with Crippen molar-refractivity contribution in [2.24, 2.45) is 5.92 Å². The summed E-state index contributed by atoms with van der Waals surface area (Å²) in [5, 5.41) is 0. The van der Waals surface area contributed by atoms with E-state index in [4.69, 9.17) is 0 Å². The van der Waals surface area contributed by atoms with Gasteiger partial charge in [-0.15, -0.1) is 0 Å². The second kappa shape index (κ2) is 5.96. The lowest BCUT2D eigenvalue weighted by atomic mass is 9.91. The van der Waals surface area contributed by atoms with Crippen LogP contribution in [-0.4, -0.2) is 36.6 Å². The summed E-state index contributed by atoms with van der Waals surface area (Å²) in [6.45, 7) is 9.74. The van der Waals surface area contributed by atoms with Gasteiger partial charge in [0, 0.05) is 25.2 Å². The minimum atomic E-state index is -0.0649. The monoisotopic (exact) mass is 290 g/mol. The average molecular weight is 290 g/mol. The van der Waals surface area contributed by atoms with Crippen molar-refractivity contribution in [2.75, 3.05) is 24.5 Å². The molecule has 0 aliphatic carbocycles. The molecule has 3 heteroatoms. The van der Waals surface area contributed by atoms with Gasteiger partial charge in [-0.2, -0.15) is 0 Å². The zero-order valence-corrected chi connectivity index (χ0v) is 13.5. The van der Waals surface area contributed by atoms with E-state index in [0.29, 0.717) is 18.0 Å². The molecule has 2 aliphatic heterocycles. The predicted octanol–water partition coefficient (Wildman–Crippen LogP) is 3.83. The second-order valence-corrected chi connectivity index (χ2v) is 7.06. The van der Waals surface area contributed by atoms with Gasteiger partial charge in [0.25, 0.3) is 0 Å². The van der Waals surface area contributed by atoms with Gasteiger partial charge in [0.15, 0.2) is 0 Å². The van der Waals surface area contributed by atoms with E-state index in [9.17, 15) is 4.39 Å². The van der Waals surface area contributed by atoms with E-state index in [2.05, 4.69) is 23.6 Å². The summed E-state index contributed by atoms with van der Waals surface area (Å²) >= 11 is 0. The van der Waals surface area contributed by atoms with Gasteiger partial charge in [-0.1, -0.05) is 26.3 Å². The summed E-state index contributed by atoms with van der Waals surface area (Å²) in [7, 11) is 0. The first-order valence-electron chi connectivity index (χ1n) is 8.33. The fourth-order valence-corrected chi connectivity index (χ4v) is 3.90. The molecule has 21 heavy (non-hydrogen) atoms. The highest BCUT2D eigenvalue weighted by atomic mass is 19.1. The third-order valence-corrected chi connectivity index (χ3v) is 5.16. The van der Waals surface area contributed by atoms with Crippen LogP contribution in [-0.2, 0) is 0 Å². The quantitative estimate of drug-likeness (QED) is 0.816. The normalized spacial score (nSPS) is 27.0. The van der Waals surface area contributed by atoms with Crippen LogP contribution in [0.4, 0.5) is 10.1 Å². The van der Waals surface area contributed by atoms with Crippen LogP contribution in [0.3, 0.4) is 0 Å². The zero-order chi connectivity index (χ0) is 15.0. The van der Waals surface area contributed by atoms with Crippen LogP contribution >= 0.6 is 0 Å². The molecule has 0 bridgehead atoms. The largest absolute Gasteiger partial charge is 0.363 e. The van der Waals surface area contributed by atoms with Crippen LogP contribution in [0.15, 0.2) is 18.2 Å². The van der Waals surface area contributed by atoms with Crippen molar-refractivity contribution in [1.29, 1.82) is 0 Å². The smallest absolute Gasteiger partial charge is 0.146 e. The number of fused-ring (bicyclic) bond motifs is 1. The Hall–Kier alpha value is -1.09. The van der Waals surface area contributed by atoms with Gasteiger partial charge in [0.2, 0.25) is 0 Å². The van der Waals surface area contributed by atoms with E-state index in [1.807, 2.05) is 19.1 Å². The van der Waals surface area contributed by atoms with E-state index in [-0.39, 0.29) is 5.82 Å². The number of hydrogen-bond donors (Lipinski definition) is 0. The Morgan fingerprint density at radius 3 is 2.71 bits per heavy atom. The van der Waals surface area contributed by atoms with Crippen LogP contribution in [0.1, 0.15) is 38.7 Å². The molecule has 0 saturated carbocycles. The van der Waals surface area contributed by atoms with Crippen LogP contribution in [0.2, 0.25) is 0 Å². The van der Waals surface area contributed by atoms with Crippen molar-refractivity contribution in [3.05, 3.63) is 29.6 Å². The molecular weight excluding hydrogens is 263 g/mol. The summed E-state index contributed by atoms with van der Waals surface area (Å²) in [6.07, 6.45) is 3.90. The number of aryl methyl sites for hydroxylation is 1. The highest BCUT2D eigenvalue weighted by Crippen LogP contribution is 2.32. The number of piperidine rings is 1. The van der Waals surface area contributed by atoms with Crippen LogP contribution < -0.4 is 4.90 Å². The van der Waals surface area contributed by atoms with Crippen molar-refractivity contribution in [3.8, 4) is 0 Å². The standard InChI is InChI=1S/C18H27FN2/c1-13(2)18-12-20-9-5-4-6-15(20)11-21(18)17-8-7-14(3)10-16(17)19/h7-8,10,13,15,18H,4-6,9,11-12H2,1-3H3. The molecule has 0 spiro atoms. The SMILES string of the molecule is Cc1ccc(N2CC3CCCCN3CC2C(C)C)c(F)c1. The van der Waals surface area contributed by atoms with E-state index in [1.54, 1.807) is 6.07 Å². The first-order valence-corrected chi connectivity index (χ1v) is 8.33. The third-order valence-electron chi connectivity index (χ3n) is 5.16. The van der Waals surface area contributed by atoms with Crippen molar-refractivity contribution in [2.45, 2.75) is 52.1 Å². The molecule has 0 aromatic heterocycles. The molecule has 2 saturated heterocycles. The molecule has 2 unspecified atom stereocenters. The molecule has 2 atom stereocenters. The number of benzene rings is 1. The maximum atomic E-state index is 14.4. The summed E-state index contributed by atoms with van der Waals surface area (Å²) in [4.78, 5) is 4.97. The van der Waals surface area contributed by atoms with Crippen LogP contribution in [0.25, 0.3) is 0 Å². The lowest BCUT2D eigenvalue weighted by Crippen LogP contribution is -2.61.